The summed E-state index contributed by atoms with van der Waals surface area (Å²) < 4.78 is 10.8. The molecule has 6 N–H and O–H groups in total. The number of rotatable bonds is 6. The number of benzene rings is 2. The van der Waals surface area contributed by atoms with Crippen LogP contribution in [0.15, 0.2) is 42.5 Å². The molecule has 0 spiro atoms. The van der Waals surface area contributed by atoms with E-state index >= 15 is 0 Å². The van der Waals surface area contributed by atoms with Crippen LogP contribution in [0.5, 0.6) is 5.75 Å². The highest BCUT2D eigenvalue weighted by Gasteiger charge is 2.48. The van der Waals surface area contributed by atoms with Crippen molar-refractivity contribution in [3.05, 3.63) is 42.5 Å². The van der Waals surface area contributed by atoms with Gasteiger partial charge in [-0.2, -0.15) is 0 Å². The SMILES string of the molecule is CC(=O)Nc1ccc(-c2ccc(NC(C)=O)c(O[C@@H]3O[C@H](C(=O)O)[C@@H](O)[C@H](O)[C@H]3O)c2)cc1. The minimum Gasteiger partial charge on any atom is -0.479 e. The zero-order valence-corrected chi connectivity index (χ0v) is 17.8. The predicted octanol–water partition coefficient (Wildman–Crippen LogP) is 0.541. The highest BCUT2D eigenvalue weighted by molar-refractivity contribution is 5.91. The standard InChI is InChI=1S/C22H24N2O9/c1-10(25)23-14-6-3-12(4-7-14)13-5-8-15(24-11(2)26)16(9-13)32-22-19(29)17(27)18(28)20(33-22)21(30)31/h3-9,17-20,22,27-29H,1-2H3,(H,23,25)(H,24,26)(H,30,31)/t17-,18-,19+,20-,22+/m0/s1. The molecule has 11 nitrogen and oxygen atoms in total. The van der Waals surface area contributed by atoms with Crippen molar-refractivity contribution in [2.75, 3.05) is 10.6 Å². The number of hydrogen-bond donors (Lipinski definition) is 6. The number of ether oxygens (including phenoxy) is 2. The van der Waals surface area contributed by atoms with E-state index < -0.39 is 42.6 Å². The first-order chi connectivity index (χ1) is 15.6. The summed E-state index contributed by atoms with van der Waals surface area (Å²) in [4.78, 5) is 34.1. The Morgan fingerprint density at radius 3 is 2.03 bits per heavy atom. The molecule has 0 bridgehead atoms. The Morgan fingerprint density at radius 2 is 1.45 bits per heavy atom. The number of carboxylic acids is 1. The molecule has 5 atom stereocenters. The molecule has 2 aromatic carbocycles. The van der Waals surface area contributed by atoms with Gasteiger partial charge in [0.25, 0.3) is 0 Å². The third-order valence-electron chi connectivity index (χ3n) is 4.89. The number of amides is 2. The fraction of sp³-hybridized carbons (Fsp3) is 0.318. The molecule has 1 aliphatic rings. The number of aliphatic carboxylic acids is 1. The molecule has 0 unspecified atom stereocenters. The number of anilines is 2. The molecule has 33 heavy (non-hydrogen) atoms. The third kappa shape index (κ3) is 5.65. The molecule has 176 valence electrons. The summed E-state index contributed by atoms with van der Waals surface area (Å²) in [6.07, 6.45) is -8.93. The van der Waals surface area contributed by atoms with Crippen LogP contribution in [0.2, 0.25) is 0 Å². The highest BCUT2D eigenvalue weighted by Crippen LogP contribution is 2.34. The average Bonchev–Trinajstić information content (AvgIpc) is 2.74. The van der Waals surface area contributed by atoms with Crippen molar-refractivity contribution < 1.29 is 44.3 Å². The molecule has 1 fully saturated rings. The van der Waals surface area contributed by atoms with Crippen LogP contribution < -0.4 is 15.4 Å². The first kappa shape index (κ1) is 24.1. The maximum atomic E-state index is 11.6. The molecule has 0 aliphatic carbocycles. The lowest BCUT2D eigenvalue weighted by Gasteiger charge is -2.38. The molecule has 1 saturated heterocycles. The lowest BCUT2D eigenvalue weighted by molar-refractivity contribution is -0.271. The molecular weight excluding hydrogens is 436 g/mol. The summed E-state index contributed by atoms with van der Waals surface area (Å²) in [5.74, 6) is -2.13. The van der Waals surface area contributed by atoms with E-state index in [1.807, 2.05) is 0 Å². The highest BCUT2D eigenvalue weighted by atomic mass is 16.7. The van der Waals surface area contributed by atoms with Crippen molar-refractivity contribution in [2.24, 2.45) is 0 Å². The van der Waals surface area contributed by atoms with E-state index in [9.17, 15) is 34.8 Å². The van der Waals surface area contributed by atoms with E-state index in [0.29, 0.717) is 11.3 Å². The Labute approximate surface area is 188 Å². The summed E-state index contributed by atoms with van der Waals surface area (Å²) in [5, 5.41) is 44.6. The van der Waals surface area contributed by atoms with E-state index in [-0.39, 0.29) is 17.3 Å². The van der Waals surface area contributed by atoms with Crippen LogP contribution in [0, 0.1) is 0 Å². The van der Waals surface area contributed by atoms with Crippen molar-refractivity contribution in [1.29, 1.82) is 0 Å². The second-order valence-electron chi connectivity index (χ2n) is 7.50. The quantitative estimate of drug-likeness (QED) is 0.359. The Hall–Kier alpha value is -3.51. The Balaban J connectivity index is 1.92. The van der Waals surface area contributed by atoms with Gasteiger partial charge in [-0.05, 0) is 35.4 Å². The lowest BCUT2D eigenvalue weighted by atomic mass is 9.99. The number of aliphatic hydroxyl groups is 3. The van der Waals surface area contributed by atoms with Crippen molar-refractivity contribution in [3.8, 4) is 16.9 Å². The van der Waals surface area contributed by atoms with E-state index in [4.69, 9.17) is 9.47 Å². The minimum atomic E-state index is -1.86. The van der Waals surface area contributed by atoms with Gasteiger partial charge < -0.3 is 40.5 Å². The van der Waals surface area contributed by atoms with Crippen LogP contribution in [0.25, 0.3) is 11.1 Å². The molecule has 0 saturated carbocycles. The maximum absolute atomic E-state index is 11.6. The molecule has 11 heteroatoms. The lowest BCUT2D eigenvalue weighted by Crippen LogP contribution is -2.61. The van der Waals surface area contributed by atoms with Gasteiger partial charge in [-0.15, -0.1) is 0 Å². The van der Waals surface area contributed by atoms with E-state index in [1.165, 1.54) is 19.9 Å². The second kappa shape index (κ2) is 9.96. The third-order valence-corrected chi connectivity index (χ3v) is 4.89. The largest absolute Gasteiger partial charge is 0.479 e. The van der Waals surface area contributed by atoms with E-state index in [2.05, 4.69) is 10.6 Å². The summed E-state index contributed by atoms with van der Waals surface area (Å²) in [7, 11) is 0. The smallest absolute Gasteiger partial charge is 0.335 e. The van der Waals surface area contributed by atoms with Gasteiger partial charge >= 0.3 is 5.97 Å². The predicted molar refractivity (Wildman–Crippen MR) is 115 cm³/mol. The van der Waals surface area contributed by atoms with Crippen LogP contribution >= 0.6 is 0 Å². The van der Waals surface area contributed by atoms with Crippen LogP contribution in [-0.2, 0) is 19.1 Å². The topological polar surface area (TPSA) is 175 Å². The van der Waals surface area contributed by atoms with Crippen molar-refractivity contribution in [2.45, 2.75) is 44.6 Å². The molecule has 0 radical (unpaired) electrons. The number of carbonyl (C=O) groups excluding carboxylic acids is 2. The maximum Gasteiger partial charge on any atom is 0.335 e. The number of aliphatic hydroxyl groups excluding tert-OH is 3. The number of carbonyl (C=O) groups is 3. The van der Waals surface area contributed by atoms with Gasteiger partial charge in [0.1, 0.15) is 24.1 Å². The van der Waals surface area contributed by atoms with Gasteiger partial charge in [0.2, 0.25) is 18.1 Å². The first-order valence-electron chi connectivity index (χ1n) is 9.95. The van der Waals surface area contributed by atoms with Crippen molar-refractivity contribution in [3.63, 3.8) is 0 Å². The summed E-state index contributed by atoms with van der Waals surface area (Å²) >= 11 is 0. The molecule has 1 heterocycles. The molecular formula is C22H24N2O9. The van der Waals surface area contributed by atoms with Crippen molar-refractivity contribution in [1.82, 2.24) is 0 Å². The summed E-state index contributed by atoms with van der Waals surface area (Å²) in [5.41, 5.74) is 2.18. The first-order valence-corrected chi connectivity index (χ1v) is 9.95. The minimum absolute atomic E-state index is 0.0328. The summed E-state index contributed by atoms with van der Waals surface area (Å²) in [6.45, 7) is 2.68. The molecule has 1 aliphatic heterocycles. The van der Waals surface area contributed by atoms with E-state index in [1.54, 1.807) is 36.4 Å². The van der Waals surface area contributed by atoms with Gasteiger partial charge in [-0.25, -0.2) is 4.79 Å². The monoisotopic (exact) mass is 460 g/mol. The summed E-state index contributed by atoms with van der Waals surface area (Å²) in [6, 6.07) is 11.7. The molecule has 3 rings (SSSR count). The average molecular weight is 460 g/mol. The molecule has 2 aromatic rings. The normalized spacial score (nSPS) is 24.6. The van der Waals surface area contributed by atoms with Gasteiger partial charge in [-0.1, -0.05) is 18.2 Å². The Morgan fingerprint density at radius 1 is 0.848 bits per heavy atom. The number of nitrogens with one attached hydrogen (secondary N) is 2. The van der Waals surface area contributed by atoms with Gasteiger partial charge in [0.15, 0.2) is 6.10 Å². The molecule has 2 amide bonds. The zero-order valence-electron chi connectivity index (χ0n) is 17.8. The molecule has 0 aromatic heterocycles. The number of hydrogen-bond acceptors (Lipinski definition) is 8. The second-order valence-corrected chi connectivity index (χ2v) is 7.50. The van der Waals surface area contributed by atoms with Gasteiger partial charge in [0.05, 0.1) is 5.69 Å². The fourth-order valence-electron chi connectivity index (χ4n) is 3.32. The van der Waals surface area contributed by atoms with Crippen LogP contribution in [-0.4, -0.2) is 68.9 Å². The Bertz CT molecular complexity index is 1040. The fourth-order valence-corrected chi connectivity index (χ4v) is 3.32. The number of carboxylic acid groups (broad SMARTS) is 1. The van der Waals surface area contributed by atoms with Crippen LogP contribution in [0.4, 0.5) is 11.4 Å². The van der Waals surface area contributed by atoms with Crippen LogP contribution in [0.1, 0.15) is 13.8 Å². The van der Waals surface area contributed by atoms with Gasteiger partial charge in [0, 0.05) is 19.5 Å². The Kier molecular flexibility index (Phi) is 7.29. The van der Waals surface area contributed by atoms with Crippen LogP contribution in [0.3, 0.4) is 0 Å². The van der Waals surface area contributed by atoms with E-state index in [0.717, 1.165) is 5.56 Å². The zero-order chi connectivity index (χ0) is 24.3. The van der Waals surface area contributed by atoms with Crippen molar-refractivity contribution >= 4 is 29.2 Å². The van der Waals surface area contributed by atoms with Gasteiger partial charge in [-0.3, -0.25) is 9.59 Å².